The number of nitrogens with zero attached hydrogens (tertiary/aromatic N) is 1. The highest BCUT2D eigenvalue weighted by Gasteiger charge is 2.26. The van der Waals surface area contributed by atoms with Crippen LogP contribution in [0.25, 0.3) is 0 Å². The van der Waals surface area contributed by atoms with Gasteiger partial charge in [-0.3, -0.25) is 19.7 Å². The summed E-state index contributed by atoms with van der Waals surface area (Å²) < 4.78 is 10.2. The topological polar surface area (TPSA) is 128 Å². The number of carboxylic acids is 1. The summed E-state index contributed by atoms with van der Waals surface area (Å²) in [4.78, 5) is 33.2. The van der Waals surface area contributed by atoms with E-state index >= 15 is 0 Å². The molecule has 0 bridgehead atoms. The van der Waals surface area contributed by atoms with Crippen molar-refractivity contribution in [2.75, 3.05) is 13.7 Å². The van der Waals surface area contributed by atoms with Gasteiger partial charge in [0.1, 0.15) is 11.6 Å². The van der Waals surface area contributed by atoms with E-state index in [2.05, 4.69) is 5.32 Å². The number of carbonyl (C=O) groups excluding carboxylic acids is 1. The number of aliphatic carboxylic acids is 1. The number of carbonyl (C=O) groups is 2. The van der Waals surface area contributed by atoms with Crippen LogP contribution in [0.4, 0.5) is 5.69 Å². The highest BCUT2D eigenvalue weighted by atomic mass is 16.6. The number of hydrogen-bond acceptors (Lipinski definition) is 6. The van der Waals surface area contributed by atoms with Crippen LogP contribution >= 0.6 is 0 Å². The molecule has 0 aromatic heterocycles. The van der Waals surface area contributed by atoms with Gasteiger partial charge in [-0.1, -0.05) is 0 Å². The van der Waals surface area contributed by atoms with E-state index in [4.69, 9.17) is 14.6 Å². The zero-order valence-corrected chi connectivity index (χ0v) is 12.3. The Morgan fingerprint density at radius 3 is 2.50 bits per heavy atom. The smallest absolute Gasteiger partial charge is 0.325 e. The van der Waals surface area contributed by atoms with Gasteiger partial charge in [-0.05, 0) is 13.8 Å². The average molecular weight is 312 g/mol. The molecule has 1 amide bonds. The fourth-order valence-corrected chi connectivity index (χ4v) is 1.65. The van der Waals surface area contributed by atoms with Crippen LogP contribution in [0.2, 0.25) is 0 Å². The first kappa shape index (κ1) is 17.2. The number of hydrogen-bond donors (Lipinski definition) is 2. The number of methoxy groups -OCH3 is 1. The van der Waals surface area contributed by atoms with E-state index in [-0.39, 0.29) is 23.7 Å². The van der Waals surface area contributed by atoms with Gasteiger partial charge in [0.2, 0.25) is 0 Å². The van der Waals surface area contributed by atoms with Crippen molar-refractivity contribution >= 4 is 17.6 Å². The van der Waals surface area contributed by atoms with E-state index < -0.39 is 28.5 Å². The molecule has 1 aromatic carbocycles. The van der Waals surface area contributed by atoms with Crippen molar-refractivity contribution in [2.45, 2.75) is 19.9 Å². The highest BCUT2D eigenvalue weighted by molar-refractivity contribution is 6.00. The van der Waals surface area contributed by atoms with E-state index in [9.17, 15) is 19.7 Å². The molecule has 0 fully saturated rings. The molecule has 0 unspecified atom stereocenters. The zero-order valence-electron chi connectivity index (χ0n) is 12.3. The molecule has 1 atom stereocenters. The minimum Gasteiger partial charge on any atom is -0.493 e. The largest absolute Gasteiger partial charge is 0.493 e. The Balaban J connectivity index is 3.29. The maximum absolute atomic E-state index is 12.0. The van der Waals surface area contributed by atoms with Crippen molar-refractivity contribution in [1.82, 2.24) is 5.32 Å². The van der Waals surface area contributed by atoms with Gasteiger partial charge in [-0.15, -0.1) is 0 Å². The van der Waals surface area contributed by atoms with Gasteiger partial charge in [0.05, 0.1) is 24.7 Å². The quantitative estimate of drug-likeness (QED) is 0.572. The minimum atomic E-state index is -1.26. The second-order valence-electron chi connectivity index (χ2n) is 4.24. The van der Waals surface area contributed by atoms with E-state index in [1.54, 1.807) is 6.92 Å². The molecule has 9 heteroatoms. The average Bonchev–Trinajstić information content (AvgIpc) is 2.46. The van der Waals surface area contributed by atoms with Crippen LogP contribution in [0.3, 0.4) is 0 Å². The van der Waals surface area contributed by atoms with Gasteiger partial charge < -0.3 is 19.9 Å². The van der Waals surface area contributed by atoms with Gasteiger partial charge in [0.15, 0.2) is 11.5 Å². The fraction of sp³-hybridized carbons (Fsp3) is 0.385. The summed E-state index contributed by atoms with van der Waals surface area (Å²) in [5, 5.41) is 22.0. The SMILES string of the molecule is CCOc1cc([N+](=O)[O-])c(C(=O)N[C@@H](C)C(=O)O)cc1OC. The molecule has 0 aliphatic carbocycles. The first-order valence-electron chi connectivity index (χ1n) is 6.34. The zero-order chi connectivity index (χ0) is 16.9. The maximum atomic E-state index is 12.0. The van der Waals surface area contributed by atoms with Crippen molar-refractivity contribution in [3.63, 3.8) is 0 Å². The Hall–Kier alpha value is -2.84. The minimum absolute atomic E-state index is 0.125. The molecule has 120 valence electrons. The van der Waals surface area contributed by atoms with Gasteiger partial charge in [0.25, 0.3) is 11.6 Å². The Labute approximate surface area is 126 Å². The monoisotopic (exact) mass is 312 g/mol. The first-order chi connectivity index (χ1) is 10.3. The molecule has 1 rings (SSSR count). The number of amides is 1. The van der Waals surface area contributed by atoms with E-state index in [1.807, 2.05) is 0 Å². The Morgan fingerprint density at radius 1 is 1.41 bits per heavy atom. The van der Waals surface area contributed by atoms with Crippen molar-refractivity contribution < 1.29 is 29.1 Å². The fourth-order valence-electron chi connectivity index (χ4n) is 1.65. The van der Waals surface area contributed by atoms with Gasteiger partial charge >= 0.3 is 5.97 Å². The molecule has 1 aromatic rings. The highest BCUT2D eigenvalue weighted by Crippen LogP contribution is 2.34. The number of nitrogens with one attached hydrogen (secondary N) is 1. The van der Waals surface area contributed by atoms with Crippen LogP contribution in [0, 0.1) is 10.1 Å². The molecule has 9 nitrogen and oxygen atoms in total. The third kappa shape index (κ3) is 3.84. The predicted molar refractivity (Wildman–Crippen MR) is 75.4 cm³/mol. The summed E-state index contributed by atoms with van der Waals surface area (Å²) >= 11 is 0. The van der Waals surface area contributed by atoms with Crippen LogP contribution in [-0.2, 0) is 4.79 Å². The van der Waals surface area contributed by atoms with Crippen molar-refractivity contribution in [1.29, 1.82) is 0 Å². The maximum Gasteiger partial charge on any atom is 0.325 e. The molecular formula is C13H16N2O7. The predicted octanol–water partition coefficient (Wildman–Crippen LogP) is 1.20. The molecule has 0 spiro atoms. The van der Waals surface area contributed by atoms with Crippen molar-refractivity contribution in [3.8, 4) is 11.5 Å². The molecule has 0 aliphatic heterocycles. The third-order valence-corrected chi connectivity index (χ3v) is 2.74. The number of rotatable bonds is 7. The molecule has 0 saturated carbocycles. The summed E-state index contributed by atoms with van der Waals surface area (Å²) in [6.07, 6.45) is 0. The molecular weight excluding hydrogens is 296 g/mol. The van der Waals surface area contributed by atoms with Crippen molar-refractivity contribution in [3.05, 3.63) is 27.8 Å². The lowest BCUT2D eigenvalue weighted by atomic mass is 10.1. The van der Waals surface area contributed by atoms with Gasteiger partial charge in [-0.2, -0.15) is 0 Å². The van der Waals surface area contributed by atoms with Gasteiger partial charge in [0, 0.05) is 6.07 Å². The van der Waals surface area contributed by atoms with E-state index in [1.165, 1.54) is 14.0 Å². The molecule has 22 heavy (non-hydrogen) atoms. The first-order valence-corrected chi connectivity index (χ1v) is 6.34. The lowest BCUT2D eigenvalue weighted by Gasteiger charge is -2.13. The molecule has 2 N–H and O–H groups in total. The van der Waals surface area contributed by atoms with Crippen molar-refractivity contribution in [2.24, 2.45) is 0 Å². The lowest BCUT2D eigenvalue weighted by Crippen LogP contribution is -2.38. The number of ether oxygens (including phenoxy) is 2. The summed E-state index contributed by atoms with van der Waals surface area (Å²) in [7, 11) is 1.32. The lowest BCUT2D eigenvalue weighted by molar-refractivity contribution is -0.385. The number of nitro groups is 1. The molecule has 0 aliphatic rings. The van der Waals surface area contributed by atoms with Crippen LogP contribution in [0.15, 0.2) is 12.1 Å². The van der Waals surface area contributed by atoms with Crippen LogP contribution < -0.4 is 14.8 Å². The summed E-state index contributed by atoms with van der Waals surface area (Å²) in [5.74, 6) is -1.88. The number of carboxylic acid groups (broad SMARTS) is 1. The van der Waals surface area contributed by atoms with Crippen LogP contribution in [-0.4, -0.2) is 41.7 Å². The summed E-state index contributed by atoms with van der Waals surface area (Å²) in [5.41, 5.74) is -0.808. The summed E-state index contributed by atoms with van der Waals surface area (Å²) in [6.45, 7) is 3.20. The Kier molecular flexibility index (Phi) is 5.67. The van der Waals surface area contributed by atoms with E-state index in [0.717, 1.165) is 12.1 Å². The Morgan fingerprint density at radius 2 is 2.05 bits per heavy atom. The molecule has 0 saturated heterocycles. The second-order valence-corrected chi connectivity index (χ2v) is 4.24. The summed E-state index contributed by atoms with van der Waals surface area (Å²) in [6, 6.07) is 1.03. The number of benzene rings is 1. The van der Waals surface area contributed by atoms with Gasteiger partial charge in [-0.25, -0.2) is 0 Å². The molecule has 0 radical (unpaired) electrons. The Bertz CT molecular complexity index is 600. The standard InChI is InChI=1S/C13H16N2O7/c1-4-22-11-6-9(15(19)20)8(5-10(11)21-3)12(16)14-7(2)13(17)18/h5-7H,4H2,1-3H3,(H,14,16)(H,17,18)/t7-/m0/s1. The van der Waals surface area contributed by atoms with Crippen LogP contribution in [0.1, 0.15) is 24.2 Å². The van der Waals surface area contributed by atoms with E-state index in [0.29, 0.717) is 0 Å². The second kappa shape index (κ2) is 7.25. The van der Waals surface area contributed by atoms with Crippen LogP contribution in [0.5, 0.6) is 11.5 Å². The third-order valence-electron chi connectivity index (χ3n) is 2.74. The molecule has 0 heterocycles. The normalized spacial score (nSPS) is 11.4. The number of nitro benzene ring substituents is 1.